The molecule has 0 aromatic heterocycles. The number of benzene rings is 3. The molecule has 5 atom stereocenters. The van der Waals surface area contributed by atoms with Crippen molar-refractivity contribution in [2.45, 2.75) is 95.2 Å². The summed E-state index contributed by atoms with van der Waals surface area (Å²) >= 11 is 0. The fourth-order valence-corrected chi connectivity index (χ4v) is 6.91. The highest BCUT2D eigenvalue weighted by Crippen LogP contribution is 2.56. The van der Waals surface area contributed by atoms with Crippen LogP contribution in [0.5, 0.6) is 0 Å². The van der Waals surface area contributed by atoms with E-state index in [1.807, 2.05) is 60.7 Å². The van der Waals surface area contributed by atoms with Gasteiger partial charge in [0.15, 0.2) is 0 Å². The van der Waals surface area contributed by atoms with Gasteiger partial charge in [0.25, 0.3) is 0 Å². The van der Waals surface area contributed by atoms with Crippen molar-refractivity contribution in [3.8, 4) is 0 Å². The lowest BCUT2D eigenvalue weighted by molar-refractivity contribution is -0.161. The lowest BCUT2D eigenvalue weighted by Gasteiger charge is -2.50. The number of rotatable bonds is 7. The topological polar surface area (TPSA) is 38.8 Å². The molecule has 0 aliphatic carbocycles. The molecule has 2 aliphatic heterocycles. The number of hydrogen-bond acceptors (Lipinski definition) is 4. The van der Waals surface area contributed by atoms with Crippen LogP contribution in [0.25, 0.3) is 0 Å². The molecule has 0 N–H and O–H groups in total. The third kappa shape index (κ3) is 6.92. The van der Waals surface area contributed by atoms with Crippen LogP contribution in [0.3, 0.4) is 0 Å². The molecule has 3 aromatic carbocycles. The van der Waals surface area contributed by atoms with E-state index in [9.17, 15) is 31.1 Å². The number of fused-ring (bicyclic) bond motifs is 2. The van der Waals surface area contributed by atoms with E-state index in [-0.39, 0.29) is 23.6 Å². The highest BCUT2D eigenvalue weighted by Gasteiger charge is 2.62. The van der Waals surface area contributed by atoms with E-state index >= 15 is 0 Å². The quantitative estimate of drug-likeness (QED) is 0.192. The fourth-order valence-electron chi connectivity index (χ4n) is 6.91. The molecule has 2 saturated heterocycles. The first-order valence-corrected chi connectivity index (χ1v) is 15.0. The molecule has 0 spiro atoms. The van der Waals surface area contributed by atoms with Crippen molar-refractivity contribution in [1.82, 2.24) is 4.90 Å². The molecule has 2 aliphatic rings. The Morgan fingerprint density at radius 1 is 0.867 bits per heavy atom. The summed E-state index contributed by atoms with van der Waals surface area (Å²) in [7, 11) is 0. The summed E-state index contributed by atoms with van der Waals surface area (Å²) in [6.45, 7) is 7.34. The first-order valence-electron chi connectivity index (χ1n) is 15.0. The highest BCUT2D eigenvalue weighted by atomic mass is 19.4. The molecular formula is C35H37F6NO3. The number of halogens is 6. The second-order valence-electron chi connectivity index (χ2n) is 13.0. The van der Waals surface area contributed by atoms with Crippen LogP contribution in [-0.4, -0.2) is 28.6 Å². The molecule has 4 nitrogen and oxygen atoms in total. The summed E-state index contributed by atoms with van der Waals surface area (Å²) in [6.07, 6.45) is -10.4. The minimum atomic E-state index is -4.97. The molecule has 45 heavy (non-hydrogen) atoms. The van der Waals surface area contributed by atoms with E-state index in [2.05, 4.69) is 4.90 Å². The maximum atomic E-state index is 13.7. The summed E-state index contributed by atoms with van der Waals surface area (Å²) in [5.74, 6) is -0.868. The van der Waals surface area contributed by atoms with Gasteiger partial charge in [-0.25, -0.2) is 0 Å². The van der Waals surface area contributed by atoms with E-state index in [4.69, 9.17) is 9.47 Å². The van der Waals surface area contributed by atoms with E-state index in [1.54, 1.807) is 20.8 Å². The summed E-state index contributed by atoms with van der Waals surface area (Å²) < 4.78 is 94.6. The lowest BCUT2D eigenvalue weighted by Crippen LogP contribution is -2.56. The van der Waals surface area contributed by atoms with Crippen LogP contribution in [0.2, 0.25) is 0 Å². The van der Waals surface area contributed by atoms with Gasteiger partial charge >= 0.3 is 18.3 Å². The van der Waals surface area contributed by atoms with Gasteiger partial charge in [-0.15, -0.1) is 0 Å². The molecule has 2 bridgehead atoms. The van der Waals surface area contributed by atoms with Gasteiger partial charge in [-0.2, -0.15) is 26.3 Å². The van der Waals surface area contributed by atoms with E-state index in [0.717, 1.165) is 23.3 Å². The van der Waals surface area contributed by atoms with Crippen molar-refractivity contribution in [2.75, 3.05) is 0 Å². The largest absolute Gasteiger partial charge is 0.460 e. The Hall–Kier alpha value is -3.37. The van der Waals surface area contributed by atoms with Crippen LogP contribution in [0.4, 0.5) is 26.3 Å². The fraction of sp³-hybridized carbons (Fsp3) is 0.457. The van der Waals surface area contributed by atoms with Gasteiger partial charge in [0.2, 0.25) is 0 Å². The average molecular weight is 634 g/mol. The molecule has 2 heterocycles. The Morgan fingerprint density at radius 3 is 1.96 bits per heavy atom. The summed E-state index contributed by atoms with van der Waals surface area (Å²) in [6, 6.07) is 20.5. The van der Waals surface area contributed by atoms with Crippen LogP contribution in [0.1, 0.15) is 80.9 Å². The number of carbonyl (C=O) groups excluding carboxylic acids is 1. The number of piperidine rings is 1. The third-order valence-corrected chi connectivity index (χ3v) is 8.79. The van der Waals surface area contributed by atoms with Crippen molar-refractivity contribution in [2.24, 2.45) is 5.92 Å². The monoisotopic (exact) mass is 633 g/mol. The highest BCUT2D eigenvalue weighted by molar-refractivity contribution is 5.75. The molecular weight excluding hydrogens is 596 g/mol. The molecule has 2 fully saturated rings. The number of alkyl halides is 6. The van der Waals surface area contributed by atoms with Crippen LogP contribution in [-0.2, 0) is 38.7 Å². The number of hydrogen-bond donors (Lipinski definition) is 0. The van der Waals surface area contributed by atoms with Crippen molar-refractivity contribution in [1.29, 1.82) is 0 Å². The Bertz CT molecular complexity index is 1450. The zero-order valence-corrected chi connectivity index (χ0v) is 25.6. The zero-order chi connectivity index (χ0) is 32.8. The van der Waals surface area contributed by atoms with Gasteiger partial charge in [-0.1, -0.05) is 60.7 Å². The number of carbonyl (C=O) groups is 1. The van der Waals surface area contributed by atoms with E-state index in [1.165, 1.54) is 6.92 Å². The van der Waals surface area contributed by atoms with Gasteiger partial charge in [0.1, 0.15) is 5.60 Å². The second-order valence-corrected chi connectivity index (χ2v) is 13.0. The maximum absolute atomic E-state index is 13.7. The molecule has 0 amide bonds. The Kier molecular flexibility index (Phi) is 8.87. The second kappa shape index (κ2) is 12.1. The molecule has 10 heteroatoms. The Morgan fingerprint density at radius 2 is 1.42 bits per heavy atom. The SMILES string of the molecule is C[C@@H](O[C@@H]1CC[C@H]2[C@H](C(=O)OC(C)(C)C)C[C@]1(c1ccccc1)N2Cc1ccccc1)c1cc(C(F)(F)F)cc(C(F)(F)F)c1. The normalized spacial score (nSPS) is 24.8. The van der Waals surface area contributed by atoms with Crippen LogP contribution in [0, 0.1) is 5.92 Å². The number of nitrogens with zero attached hydrogens (tertiary/aromatic N) is 1. The van der Waals surface area contributed by atoms with E-state index < -0.39 is 52.7 Å². The van der Waals surface area contributed by atoms with Crippen molar-refractivity contribution in [3.05, 3.63) is 107 Å². The standard InChI is InChI=1S/C35H37F6NO3/c1-22(24-17-26(34(36,37)38)19-27(18-24)35(39,40)41)44-30-16-15-29-28(31(43)45-32(2,3)4)20-33(30,25-13-9-6-10-14-25)42(29)21-23-11-7-5-8-12-23/h5-14,17-19,22,28-30H,15-16,20-21H2,1-4H3/t22-,28-,29+,30-,33-/m1/s1. The first kappa shape index (κ1) is 33.0. The third-order valence-electron chi connectivity index (χ3n) is 8.79. The Labute approximate surface area is 259 Å². The average Bonchev–Trinajstić information content (AvgIpc) is 3.18. The molecule has 3 aromatic rings. The predicted octanol–water partition coefficient (Wildman–Crippen LogP) is 9.09. The smallest absolute Gasteiger partial charge is 0.416 e. The number of esters is 1. The zero-order valence-electron chi connectivity index (χ0n) is 25.6. The van der Waals surface area contributed by atoms with E-state index in [0.29, 0.717) is 25.8 Å². The van der Waals surface area contributed by atoms with Gasteiger partial charge < -0.3 is 9.47 Å². The molecule has 5 rings (SSSR count). The van der Waals surface area contributed by atoms with Crippen LogP contribution in [0.15, 0.2) is 78.9 Å². The van der Waals surface area contributed by atoms with Crippen LogP contribution < -0.4 is 0 Å². The summed E-state index contributed by atoms with van der Waals surface area (Å²) in [4.78, 5) is 15.9. The lowest BCUT2D eigenvalue weighted by atomic mass is 9.78. The molecule has 242 valence electrons. The summed E-state index contributed by atoms with van der Waals surface area (Å²) in [5, 5.41) is 0. The van der Waals surface area contributed by atoms with Gasteiger partial charge in [0.05, 0.1) is 34.8 Å². The maximum Gasteiger partial charge on any atom is 0.416 e. The van der Waals surface area contributed by atoms with Crippen molar-refractivity contribution in [3.63, 3.8) is 0 Å². The first-order chi connectivity index (χ1) is 21.0. The molecule has 0 radical (unpaired) electrons. The minimum absolute atomic E-state index is 0.122. The molecule has 0 saturated carbocycles. The Balaban J connectivity index is 1.60. The van der Waals surface area contributed by atoms with Crippen molar-refractivity contribution < 1.29 is 40.6 Å². The predicted molar refractivity (Wildman–Crippen MR) is 157 cm³/mol. The van der Waals surface area contributed by atoms with Crippen LogP contribution >= 0.6 is 0 Å². The summed E-state index contributed by atoms with van der Waals surface area (Å²) in [5.41, 5.74) is -2.78. The minimum Gasteiger partial charge on any atom is -0.460 e. The van der Waals surface area contributed by atoms with Gasteiger partial charge in [-0.3, -0.25) is 9.69 Å². The van der Waals surface area contributed by atoms with Gasteiger partial charge in [0, 0.05) is 12.6 Å². The van der Waals surface area contributed by atoms with Gasteiger partial charge in [-0.05, 0) is 81.8 Å². The molecule has 0 unspecified atom stereocenters. The van der Waals surface area contributed by atoms with Crippen molar-refractivity contribution >= 4 is 5.97 Å². The number of ether oxygens (including phenoxy) is 2.